The number of ether oxygens (including phenoxy) is 1. The summed E-state index contributed by atoms with van der Waals surface area (Å²) < 4.78 is 5.92. The van der Waals surface area contributed by atoms with Crippen LogP contribution in [0.15, 0.2) is 48.7 Å². The van der Waals surface area contributed by atoms with Crippen molar-refractivity contribution in [2.75, 3.05) is 48.8 Å². The minimum atomic E-state index is 0.123. The van der Waals surface area contributed by atoms with Gasteiger partial charge in [0.2, 0.25) is 5.95 Å². The second-order valence-electron chi connectivity index (χ2n) is 8.96. The summed E-state index contributed by atoms with van der Waals surface area (Å²) in [4.78, 5) is 14.0. The van der Waals surface area contributed by atoms with Crippen molar-refractivity contribution in [2.45, 2.75) is 33.8 Å². The van der Waals surface area contributed by atoms with E-state index in [0.29, 0.717) is 5.95 Å². The first kappa shape index (κ1) is 22.9. The minimum Gasteiger partial charge on any atom is -0.491 e. The van der Waals surface area contributed by atoms with E-state index in [1.807, 2.05) is 39.1 Å². The molecule has 0 saturated carbocycles. The summed E-state index contributed by atoms with van der Waals surface area (Å²) in [5, 5.41) is 6.74. The van der Waals surface area contributed by atoms with Gasteiger partial charge in [-0.15, -0.1) is 0 Å². The van der Waals surface area contributed by atoms with E-state index in [4.69, 9.17) is 9.72 Å². The lowest BCUT2D eigenvalue weighted by atomic mass is 10.2. The van der Waals surface area contributed by atoms with Crippen molar-refractivity contribution >= 4 is 28.8 Å². The third kappa shape index (κ3) is 5.93. The van der Waals surface area contributed by atoms with Crippen LogP contribution < -0.4 is 20.3 Å². The number of hydrogen-bond donors (Lipinski definition) is 2. The number of likely N-dealkylation sites (N-methyl/N-ethyl adjacent to an activating group) is 1. The van der Waals surface area contributed by atoms with Gasteiger partial charge >= 0.3 is 0 Å². The average molecular weight is 447 g/mol. The molecule has 1 aliphatic heterocycles. The zero-order valence-electron chi connectivity index (χ0n) is 20.2. The largest absolute Gasteiger partial charge is 0.491 e. The van der Waals surface area contributed by atoms with E-state index in [-0.39, 0.29) is 6.10 Å². The molecule has 2 N–H and O–H groups in total. The SMILES string of the molecule is Cc1ccc(Nc2nc(Nc3ccc(N4CCN(C)CC4)cc3)ncc2C)cc1OC(C)C. The van der Waals surface area contributed by atoms with Gasteiger partial charge in [0, 0.05) is 61.1 Å². The van der Waals surface area contributed by atoms with E-state index in [0.717, 1.165) is 60.2 Å². The van der Waals surface area contributed by atoms with Crippen LogP contribution in [-0.2, 0) is 0 Å². The molecule has 1 aromatic heterocycles. The highest BCUT2D eigenvalue weighted by Gasteiger charge is 2.14. The van der Waals surface area contributed by atoms with Crippen LogP contribution in [0, 0.1) is 13.8 Å². The van der Waals surface area contributed by atoms with Gasteiger partial charge in [0.25, 0.3) is 0 Å². The van der Waals surface area contributed by atoms with Crippen LogP contribution in [-0.4, -0.2) is 54.2 Å². The van der Waals surface area contributed by atoms with Crippen LogP contribution >= 0.6 is 0 Å². The maximum absolute atomic E-state index is 5.92. The average Bonchev–Trinajstić information content (AvgIpc) is 2.79. The summed E-state index contributed by atoms with van der Waals surface area (Å²) in [7, 11) is 2.17. The molecule has 0 unspecified atom stereocenters. The Hall–Kier alpha value is -3.32. The molecule has 1 fully saturated rings. The van der Waals surface area contributed by atoms with Crippen LogP contribution in [0.25, 0.3) is 0 Å². The van der Waals surface area contributed by atoms with Gasteiger partial charge in [-0.25, -0.2) is 4.98 Å². The molecule has 2 aromatic carbocycles. The zero-order chi connectivity index (χ0) is 23.4. The maximum atomic E-state index is 5.92. The van der Waals surface area contributed by atoms with Crippen molar-refractivity contribution in [3.63, 3.8) is 0 Å². The summed E-state index contributed by atoms with van der Waals surface area (Å²) in [5.74, 6) is 2.20. The standard InChI is InChI=1S/C26H34N6O/c1-18(2)33-24-16-22(7-6-19(24)3)28-25-20(4)17-27-26(30-25)29-21-8-10-23(11-9-21)32-14-12-31(5)13-15-32/h6-11,16-18H,12-15H2,1-5H3,(H2,27,28,29,30). The van der Waals surface area contributed by atoms with Crippen LogP contribution in [0.2, 0.25) is 0 Å². The summed E-state index contributed by atoms with van der Waals surface area (Å²) in [5.41, 5.74) is 5.22. The molecule has 2 heterocycles. The van der Waals surface area contributed by atoms with Gasteiger partial charge in [-0.05, 0) is 70.6 Å². The first-order valence-electron chi connectivity index (χ1n) is 11.6. The van der Waals surface area contributed by atoms with Gasteiger partial charge in [0.05, 0.1) is 6.10 Å². The number of anilines is 5. The van der Waals surface area contributed by atoms with Crippen LogP contribution in [0.5, 0.6) is 5.75 Å². The Morgan fingerprint density at radius 2 is 1.58 bits per heavy atom. The number of piperazine rings is 1. The van der Waals surface area contributed by atoms with Crippen molar-refractivity contribution in [1.29, 1.82) is 0 Å². The molecule has 7 heteroatoms. The Morgan fingerprint density at radius 3 is 2.27 bits per heavy atom. The fourth-order valence-electron chi connectivity index (χ4n) is 3.77. The van der Waals surface area contributed by atoms with Gasteiger partial charge in [-0.3, -0.25) is 0 Å². The predicted molar refractivity (Wildman–Crippen MR) is 136 cm³/mol. The van der Waals surface area contributed by atoms with Crippen molar-refractivity contribution < 1.29 is 4.74 Å². The molecular weight excluding hydrogens is 412 g/mol. The molecule has 1 aliphatic rings. The number of aryl methyl sites for hydroxylation is 2. The van der Waals surface area contributed by atoms with Crippen molar-refractivity contribution in [2.24, 2.45) is 0 Å². The Labute approximate surface area is 196 Å². The summed E-state index contributed by atoms with van der Waals surface area (Å²) in [6, 6.07) is 14.6. The first-order valence-corrected chi connectivity index (χ1v) is 11.6. The van der Waals surface area contributed by atoms with Crippen molar-refractivity contribution in [1.82, 2.24) is 14.9 Å². The van der Waals surface area contributed by atoms with Gasteiger partial charge in [0.15, 0.2) is 0 Å². The van der Waals surface area contributed by atoms with Crippen LogP contribution in [0.3, 0.4) is 0 Å². The lowest BCUT2D eigenvalue weighted by molar-refractivity contribution is 0.241. The Morgan fingerprint density at radius 1 is 0.879 bits per heavy atom. The highest BCUT2D eigenvalue weighted by molar-refractivity contribution is 5.65. The van der Waals surface area contributed by atoms with Gasteiger partial charge < -0.3 is 25.2 Å². The van der Waals surface area contributed by atoms with E-state index in [9.17, 15) is 0 Å². The molecule has 7 nitrogen and oxygen atoms in total. The fraction of sp³-hybridized carbons (Fsp3) is 0.385. The molecule has 0 spiro atoms. The molecule has 0 atom stereocenters. The lowest BCUT2D eigenvalue weighted by Gasteiger charge is -2.34. The van der Waals surface area contributed by atoms with E-state index in [1.54, 1.807) is 0 Å². The van der Waals surface area contributed by atoms with Crippen LogP contribution in [0.4, 0.5) is 28.8 Å². The number of aromatic nitrogens is 2. The molecule has 33 heavy (non-hydrogen) atoms. The number of rotatable bonds is 7. The predicted octanol–water partition coefficient (Wildman–Crippen LogP) is 5.12. The Bertz CT molecular complexity index is 1070. The minimum absolute atomic E-state index is 0.123. The molecule has 174 valence electrons. The zero-order valence-corrected chi connectivity index (χ0v) is 20.2. The Kier molecular flexibility index (Phi) is 6.99. The number of nitrogens with one attached hydrogen (secondary N) is 2. The summed E-state index contributed by atoms with van der Waals surface area (Å²) in [6.07, 6.45) is 1.95. The van der Waals surface area contributed by atoms with E-state index in [2.05, 4.69) is 69.7 Å². The van der Waals surface area contributed by atoms with E-state index < -0.39 is 0 Å². The third-order valence-corrected chi connectivity index (χ3v) is 5.78. The second-order valence-corrected chi connectivity index (χ2v) is 8.96. The molecule has 0 aliphatic carbocycles. The normalized spacial score (nSPS) is 14.4. The number of benzene rings is 2. The summed E-state index contributed by atoms with van der Waals surface area (Å²) in [6.45, 7) is 12.4. The molecule has 0 amide bonds. The number of nitrogens with zero attached hydrogens (tertiary/aromatic N) is 4. The Balaban J connectivity index is 1.45. The highest BCUT2D eigenvalue weighted by Crippen LogP contribution is 2.27. The maximum Gasteiger partial charge on any atom is 0.229 e. The van der Waals surface area contributed by atoms with E-state index in [1.165, 1.54) is 5.69 Å². The molecule has 0 bridgehead atoms. The number of hydrogen-bond acceptors (Lipinski definition) is 7. The van der Waals surface area contributed by atoms with Gasteiger partial charge in [-0.2, -0.15) is 4.98 Å². The summed E-state index contributed by atoms with van der Waals surface area (Å²) >= 11 is 0. The lowest BCUT2D eigenvalue weighted by Crippen LogP contribution is -2.44. The topological polar surface area (TPSA) is 65.6 Å². The molecule has 3 aromatic rings. The van der Waals surface area contributed by atoms with Gasteiger partial charge in [-0.1, -0.05) is 6.07 Å². The fourth-order valence-corrected chi connectivity index (χ4v) is 3.77. The second kappa shape index (κ2) is 10.1. The third-order valence-electron chi connectivity index (χ3n) is 5.78. The highest BCUT2D eigenvalue weighted by atomic mass is 16.5. The quantitative estimate of drug-likeness (QED) is 0.522. The van der Waals surface area contributed by atoms with Crippen molar-refractivity contribution in [3.05, 3.63) is 59.8 Å². The molecule has 0 radical (unpaired) electrons. The first-order chi connectivity index (χ1) is 15.9. The molecular formula is C26H34N6O. The molecule has 4 rings (SSSR count). The monoisotopic (exact) mass is 446 g/mol. The van der Waals surface area contributed by atoms with Crippen molar-refractivity contribution in [3.8, 4) is 5.75 Å². The molecule has 1 saturated heterocycles. The van der Waals surface area contributed by atoms with Crippen LogP contribution in [0.1, 0.15) is 25.0 Å². The van der Waals surface area contributed by atoms with E-state index >= 15 is 0 Å². The smallest absolute Gasteiger partial charge is 0.229 e. The van der Waals surface area contributed by atoms with Gasteiger partial charge in [0.1, 0.15) is 11.6 Å².